The molecule has 0 unspecified atom stereocenters. The maximum Gasteiger partial charge on any atom is 0.234 e. The van der Waals surface area contributed by atoms with Crippen molar-refractivity contribution >= 4 is 27.3 Å². The number of hydrogen-bond acceptors (Lipinski definition) is 3. The fourth-order valence-corrected chi connectivity index (χ4v) is 2.65. The van der Waals surface area contributed by atoms with Gasteiger partial charge in [-0.2, -0.15) is 0 Å². The highest BCUT2D eigenvalue weighted by Gasteiger charge is 2.19. The average Bonchev–Trinajstić information content (AvgIpc) is 2.25. The van der Waals surface area contributed by atoms with Crippen molar-refractivity contribution in [3.63, 3.8) is 0 Å². The monoisotopic (exact) mass is 262 g/mol. The molecule has 0 heterocycles. The van der Waals surface area contributed by atoms with Gasteiger partial charge in [0, 0.05) is 18.1 Å². The minimum absolute atomic E-state index is 0.0412. The molecule has 1 aromatic rings. The van der Waals surface area contributed by atoms with E-state index in [2.05, 4.69) is 0 Å². The first-order chi connectivity index (χ1) is 7.51. The van der Waals surface area contributed by atoms with Crippen LogP contribution in [-0.2, 0) is 10.0 Å². The molecule has 0 saturated carbocycles. The summed E-state index contributed by atoms with van der Waals surface area (Å²) >= 11 is 5.83. The topological polar surface area (TPSA) is 63.4 Å². The number of nitrogens with zero attached hydrogens (tertiary/aromatic N) is 1. The van der Waals surface area contributed by atoms with Crippen LogP contribution in [0, 0.1) is 0 Å². The standard InChI is InChI=1S/C10H15ClN2O2S/c1-2-16(14,15)13(7-6-12)10-5-3-4-9(11)8-10/h3-5,8H,2,6-7,12H2,1H3. The molecule has 0 spiro atoms. The second kappa shape index (κ2) is 5.52. The van der Waals surface area contributed by atoms with Crippen LogP contribution in [0.1, 0.15) is 6.92 Å². The molecule has 0 radical (unpaired) electrons. The summed E-state index contributed by atoms with van der Waals surface area (Å²) < 4.78 is 24.9. The highest BCUT2D eigenvalue weighted by molar-refractivity contribution is 7.92. The first-order valence-electron chi connectivity index (χ1n) is 4.97. The number of sulfonamides is 1. The lowest BCUT2D eigenvalue weighted by molar-refractivity contribution is 0.592. The second-order valence-electron chi connectivity index (χ2n) is 3.24. The third-order valence-corrected chi connectivity index (χ3v) is 4.16. The van der Waals surface area contributed by atoms with Gasteiger partial charge in [0.25, 0.3) is 0 Å². The van der Waals surface area contributed by atoms with Gasteiger partial charge < -0.3 is 5.73 Å². The molecule has 0 saturated heterocycles. The first kappa shape index (κ1) is 13.3. The predicted molar refractivity (Wildman–Crippen MR) is 67.3 cm³/mol. The third kappa shape index (κ3) is 3.10. The van der Waals surface area contributed by atoms with E-state index in [1.165, 1.54) is 4.31 Å². The van der Waals surface area contributed by atoms with E-state index in [0.29, 0.717) is 10.7 Å². The quantitative estimate of drug-likeness (QED) is 0.874. The molecule has 0 aliphatic carbocycles. The molecule has 0 bridgehead atoms. The van der Waals surface area contributed by atoms with Gasteiger partial charge in [-0.05, 0) is 25.1 Å². The van der Waals surface area contributed by atoms with Gasteiger partial charge >= 0.3 is 0 Å². The Balaban J connectivity index is 3.13. The van der Waals surface area contributed by atoms with Gasteiger partial charge in [0.2, 0.25) is 10.0 Å². The summed E-state index contributed by atoms with van der Waals surface area (Å²) in [5, 5.41) is 0.505. The van der Waals surface area contributed by atoms with Crippen molar-refractivity contribution in [2.45, 2.75) is 6.92 Å². The van der Waals surface area contributed by atoms with E-state index in [1.54, 1.807) is 31.2 Å². The summed E-state index contributed by atoms with van der Waals surface area (Å²) in [5.41, 5.74) is 5.97. The minimum atomic E-state index is -3.30. The Morgan fingerprint density at radius 2 is 2.12 bits per heavy atom. The van der Waals surface area contributed by atoms with Crippen LogP contribution in [0.3, 0.4) is 0 Å². The maximum absolute atomic E-state index is 11.8. The number of hydrogen-bond donors (Lipinski definition) is 1. The van der Waals surface area contributed by atoms with Crippen LogP contribution in [0.5, 0.6) is 0 Å². The molecule has 1 aromatic carbocycles. The molecule has 0 aliphatic rings. The van der Waals surface area contributed by atoms with Gasteiger partial charge in [-0.3, -0.25) is 4.31 Å². The molecule has 4 nitrogen and oxygen atoms in total. The third-order valence-electron chi connectivity index (χ3n) is 2.13. The highest BCUT2D eigenvalue weighted by Crippen LogP contribution is 2.21. The fourth-order valence-electron chi connectivity index (χ4n) is 1.33. The van der Waals surface area contributed by atoms with Crippen LogP contribution in [0.2, 0.25) is 5.02 Å². The van der Waals surface area contributed by atoms with Crippen molar-refractivity contribution in [2.24, 2.45) is 5.73 Å². The second-order valence-corrected chi connectivity index (χ2v) is 5.86. The molecule has 0 fully saturated rings. The molecule has 0 aliphatic heterocycles. The van der Waals surface area contributed by atoms with E-state index in [1.807, 2.05) is 0 Å². The Hall–Kier alpha value is -0.780. The largest absolute Gasteiger partial charge is 0.329 e. The molecular weight excluding hydrogens is 248 g/mol. The maximum atomic E-state index is 11.8. The van der Waals surface area contributed by atoms with Crippen LogP contribution in [0.25, 0.3) is 0 Å². The molecule has 16 heavy (non-hydrogen) atoms. The first-order valence-corrected chi connectivity index (χ1v) is 6.96. The Bertz CT molecular complexity index is 448. The minimum Gasteiger partial charge on any atom is -0.329 e. The van der Waals surface area contributed by atoms with Crippen molar-refractivity contribution in [2.75, 3.05) is 23.1 Å². The lowest BCUT2D eigenvalue weighted by Gasteiger charge is -2.23. The fraction of sp³-hybridized carbons (Fsp3) is 0.400. The average molecular weight is 263 g/mol. The number of rotatable bonds is 5. The van der Waals surface area contributed by atoms with E-state index >= 15 is 0 Å². The van der Waals surface area contributed by atoms with Crippen molar-refractivity contribution < 1.29 is 8.42 Å². The van der Waals surface area contributed by atoms with Crippen molar-refractivity contribution in [1.82, 2.24) is 0 Å². The summed E-state index contributed by atoms with van der Waals surface area (Å²) in [7, 11) is -3.30. The van der Waals surface area contributed by atoms with E-state index < -0.39 is 10.0 Å². The molecule has 0 amide bonds. The van der Waals surface area contributed by atoms with Crippen LogP contribution in [-0.4, -0.2) is 27.3 Å². The van der Waals surface area contributed by atoms with Crippen molar-refractivity contribution in [1.29, 1.82) is 0 Å². The molecule has 1 rings (SSSR count). The Labute approximate surface area is 101 Å². The summed E-state index contributed by atoms with van der Waals surface area (Å²) in [5.74, 6) is 0.0412. The van der Waals surface area contributed by atoms with E-state index in [9.17, 15) is 8.42 Å². The predicted octanol–water partition coefficient (Wildman–Crippen LogP) is 1.45. The van der Waals surface area contributed by atoms with Crippen LogP contribution >= 0.6 is 11.6 Å². The Kier molecular flexibility index (Phi) is 4.58. The van der Waals surface area contributed by atoms with Gasteiger partial charge in [-0.1, -0.05) is 17.7 Å². The molecule has 0 aromatic heterocycles. The number of anilines is 1. The smallest absolute Gasteiger partial charge is 0.234 e. The molecular formula is C10H15ClN2O2S. The van der Waals surface area contributed by atoms with Gasteiger partial charge in [0.15, 0.2) is 0 Å². The van der Waals surface area contributed by atoms with Crippen LogP contribution in [0.15, 0.2) is 24.3 Å². The Morgan fingerprint density at radius 3 is 2.62 bits per heavy atom. The zero-order valence-electron chi connectivity index (χ0n) is 9.06. The number of benzene rings is 1. The van der Waals surface area contributed by atoms with Crippen molar-refractivity contribution in [3.8, 4) is 0 Å². The normalized spacial score (nSPS) is 11.4. The molecule has 90 valence electrons. The van der Waals surface area contributed by atoms with E-state index in [4.69, 9.17) is 17.3 Å². The molecule has 0 atom stereocenters. The number of halogens is 1. The van der Waals surface area contributed by atoms with Crippen LogP contribution < -0.4 is 10.0 Å². The van der Waals surface area contributed by atoms with Crippen molar-refractivity contribution in [3.05, 3.63) is 29.3 Å². The number of nitrogens with two attached hydrogens (primary N) is 1. The van der Waals surface area contributed by atoms with Crippen LogP contribution in [0.4, 0.5) is 5.69 Å². The summed E-state index contributed by atoms with van der Waals surface area (Å²) in [6, 6.07) is 6.73. The van der Waals surface area contributed by atoms with Gasteiger partial charge in [-0.25, -0.2) is 8.42 Å². The summed E-state index contributed by atoms with van der Waals surface area (Å²) in [4.78, 5) is 0. The highest BCUT2D eigenvalue weighted by atomic mass is 35.5. The Morgan fingerprint density at radius 1 is 1.44 bits per heavy atom. The van der Waals surface area contributed by atoms with Gasteiger partial charge in [0.1, 0.15) is 0 Å². The van der Waals surface area contributed by atoms with Gasteiger partial charge in [0.05, 0.1) is 11.4 Å². The zero-order chi connectivity index (χ0) is 12.2. The van der Waals surface area contributed by atoms with E-state index in [-0.39, 0.29) is 18.8 Å². The molecule has 2 N–H and O–H groups in total. The van der Waals surface area contributed by atoms with E-state index in [0.717, 1.165) is 0 Å². The lowest BCUT2D eigenvalue weighted by atomic mass is 10.3. The van der Waals surface area contributed by atoms with Gasteiger partial charge in [-0.15, -0.1) is 0 Å². The lowest BCUT2D eigenvalue weighted by Crippen LogP contribution is -2.36. The molecule has 6 heteroatoms. The summed E-state index contributed by atoms with van der Waals surface area (Å²) in [6.45, 7) is 2.13. The SMILES string of the molecule is CCS(=O)(=O)N(CCN)c1cccc(Cl)c1. The zero-order valence-corrected chi connectivity index (χ0v) is 10.6. The summed E-state index contributed by atoms with van der Waals surface area (Å²) in [6.07, 6.45) is 0.